The average molecular weight is 375 g/mol. The molecular formula is C26H30O2. The van der Waals surface area contributed by atoms with Crippen LogP contribution in [0, 0.1) is 5.92 Å². The molecule has 0 saturated heterocycles. The SMILES string of the molecule is CC(=O)CCCC(=O)C1C=C(c2ccccc2)CC1c1ccc(C(C)C)cc1. The van der Waals surface area contributed by atoms with Crippen molar-refractivity contribution < 1.29 is 9.59 Å². The second-order valence-corrected chi connectivity index (χ2v) is 8.24. The van der Waals surface area contributed by atoms with E-state index < -0.39 is 0 Å². The van der Waals surface area contributed by atoms with Gasteiger partial charge in [-0.1, -0.05) is 74.5 Å². The highest BCUT2D eigenvalue weighted by Crippen LogP contribution is 2.43. The Kier molecular flexibility index (Phi) is 6.61. The van der Waals surface area contributed by atoms with Crippen molar-refractivity contribution in [1.82, 2.24) is 0 Å². The Hall–Kier alpha value is -2.48. The number of carbonyl (C=O) groups is 2. The molecule has 1 aliphatic rings. The van der Waals surface area contributed by atoms with Crippen LogP contribution in [0.25, 0.3) is 5.57 Å². The monoisotopic (exact) mass is 374 g/mol. The van der Waals surface area contributed by atoms with Crippen molar-refractivity contribution >= 4 is 17.1 Å². The molecule has 2 nitrogen and oxygen atoms in total. The van der Waals surface area contributed by atoms with Crippen molar-refractivity contribution in [3.05, 3.63) is 77.4 Å². The highest BCUT2D eigenvalue weighted by molar-refractivity contribution is 5.88. The summed E-state index contributed by atoms with van der Waals surface area (Å²) in [7, 11) is 0. The summed E-state index contributed by atoms with van der Waals surface area (Å²) in [6, 6.07) is 19.1. The lowest BCUT2D eigenvalue weighted by atomic mass is 9.83. The van der Waals surface area contributed by atoms with Gasteiger partial charge in [0.05, 0.1) is 0 Å². The minimum atomic E-state index is -0.105. The standard InChI is InChI=1S/C26H30O2/c1-18(2)20-12-14-22(15-13-20)24-16-23(21-9-5-4-6-10-21)17-25(24)26(28)11-7-8-19(3)27/h4-6,9-10,12-15,17-18,24-25H,7-8,11,16H2,1-3H3. The highest BCUT2D eigenvalue weighted by Gasteiger charge is 2.33. The molecule has 1 aliphatic carbocycles. The molecule has 0 spiro atoms. The molecule has 2 aromatic carbocycles. The zero-order chi connectivity index (χ0) is 20.1. The van der Waals surface area contributed by atoms with Gasteiger partial charge in [-0.05, 0) is 47.9 Å². The van der Waals surface area contributed by atoms with E-state index in [1.165, 1.54) is 22.3 Å². The molecule has 2 aromatic rings. The second kappa shape index (κ2) is 9.14. The number of rotatable bonds is 8. The maximum Gasteiger partial charge on any atom is 0.140 e. The van der Waals surface area contributed by atoms with Crippen LogP contribution in [-0.2, 0) is 9.59 Å². The predicted molar refractivity (Wildman–Crippen MR) is 115 cm³/mol. The molecule has 3 rings (SSSR count). The van der Waals surface area contributed by atoms with Gasteiger partial charge in [0.25, 0.3) is 0 Å². The van der Waals surface area contributed by atoms with Crippen molar-refractivity contribution in [1.29, 1.82) is 0 Å². The van der Waals surface area contributed by atoms with Crippen molar-refractivity contribution in [3.8, 4) is 0 Å². The molecule has 2 unspecified atom stereocenters. The summed E-state index contributed by atoms with van der Waals surface area (Å²) < 4.78 is 0. The van der Waals surface area contributed by atoms with E-state index in [1.807, 2.05) is 18.2 Å². The van der Waals surface area contributed by atoms with Crippen LogP contribution in [0.4, 0.5) is 0 Å². The van der Waals surface area contributed by atoms with Gasteiger partial charge in [0, 0.05) is 24.7 Å². The number of ketones is 2. The largest absolute Gasteiger partial charge is 0.300 e. The number of carbonyl (C=O) groups excluding carboxylic acids is 2. The van der Waals surface area contributed by atoms with E-state index in [0.29, 0.717) is 25.2 Å². The molecule has 0 saturated carbocycles. The zero-order valence-electron chi connectivity index (χ0n) is 17.2. The van der Waals surface area contributed by atoms with Gasteiger partial charge in [-0.2, -0.15) is 0 Å². The number of hydrogen-bond acceptors (Lipinski definition) is 2. The Bertz CT molecular complexity index is 844. The Morgan fingerprint density at radius 1 is 0.964 bits per heavy atom. The van der Waals surface area contributed by atoms with Gasteiger partial charge in [-0.25, -0.2) is 0 Å². The van der Waals surface area contributed by atoms with E-state index in [2.05, 4.69) is 56.3 Å². The smallest absolute Gasteiger partial charge is 0.140 e. The summed E-state index contributed by atoms with van der Waals surface area (Å²) in [5.41, 5.74) is 5.01. The lowest BCUT2D eigenvalue weighted by Crippen LogP contribution is -2.17. The van der Waals surface area contributed by atoms with Crippen molar-refractivity contribution in [3.63, 3.8) is 0 Å². The van der Waals surface area contributed by atoms with E-state index in [1.54, 1.807) is 6.92 Å². The normalized spacial score (nSPS) is 18.9. The molecule has 0 bridgehead atoms. The van der Waals surface area contributed by atoms with Crippen LogP contribution in [0.5, 0.6) is 0 Å². The minimum absolute atomic E-state index is 0.105. The number of benzene rings is 2. The lowest BCUT2D eigenvalue weighted by Gasteiger charge is -2.20. The number of Topliss-reactive ketones (excluding diaryl/α,β-unsaturated/α-hetero) is 2. The first kappa shape index (κ1) is 20.3. The van der Waals surface area contributed by atoms with E-state index in [0.717, 1.165) is 6.42 Å². The second-order valence-electron chi connectivity index (χ2n) is 8.24. The van der Waals surface area contributed by atoms with E-state index in [9.17, 15) is 9.59 Å². The molecule has 0 radical (unpaired) electrons. The Balaban J connectivity index is 1.84. The average Bonchev–Trinajstić information content (AvgIpc) is 3.14. The van der Waals surface area contributed by atoms with Crippen LogP contribution >= 0.6 is 0 Å². The van der Waals surface area contributed by atoms with E-state index in [4.69, 9.17) is 0 Å². The van der Waals surface area contributed by atoms with Crippen LogP contribution in [0.3, 0.4) is 0 Å². The van der Waals surface area contributed by atoms with E-state index in [-0.39, 0.29) is 23.4 Å². The first-order valence-corrected chi connectivity index (χ1v) is 10.3. The number of allylic oxidation sites excluding steroid dienone is 2. The summed E-state index contributed by atoms with van der Waals surface area (Å²) in [6.45, 7) is 5.98. The third-order valence-corrected chi connectivity index (χ3v) is 5.75. The van der Waals surface area contributed by atoms with Crippen molar-refractivity contribution in [2.24, 2.45) is 5.92 Å². The minimum Gasteiger partial charge on any atom is -0.300 e. The van der Waals surface area contributed by atoms with Gasteiger partial charge in [-0.3, -0.25) is 4.79 Å². The van der Waals surface area contributed by atoms with Crippen LogP contribution in [0.15, 0.2) is 60.7 Å². The molecule has 146 valence electrons. The number of hydrogen-bond donors (Lipinski definition) is 0. The van der Waals surface area contributed by atoms with Crippen LogP contribution in [0.1, 0.15) is 75.0 Å². The summed E-state index contributed by atoms with van der Waals surface area (Å²) in [5.74, 6) is 0.985. The molecule has 0 fully saturated rings. The van der Waals surface area contributed by atoms with Gasteiger partial charge >= 0.3 is 0 Å². The third-order valence-electron chi connectivity index (χ3n) is 5.75. The third kappa shape index (κ3) is 4.86. The Morgan fingerprint density at radius 2 is 1.64 bits per heavy atom. The fraction of sp³-hybridized carbons (Fsp3) is 0.385. The lowest BCUT2D eigenvalue weighted by molar-refractivity contribution is -0.122. The molecule has 0 aliphatic heterocycles. The van der Waals surface area contributed by atoms with Gasteiger partial charge in [0.1, 0.15) is 11.6 Å². The van der Waals surface area contributed by atoms with Gasteiger partial charge in [0.15, 0.2) is 0 Å². The molecule has 0 heterocycles. The maximum atomic E-state index is 13.0. The molecule has 0 amide bonds. The Morgan fingerprint density at radius 3 is 2.25 bits per heavy atom. The molecular weight excluding hydrogens is 344 g/mol. The molecule has 28 heavy (non-hydrogen) atoms. The predicted octanol–water partition coefficient (Wildman–Crippen LogP) is 6.33. The first-order chi connectivity index (χ1) is 13.5. The van der Waals surface area contributed by atoms with Gasteiger partial charge in [0.2, 0.25) is 0 Å². The van der Waals surface area contributed by atoms with Gasteiger partial charge < -0.3 is 4.79 Å². The van der Waals surface area contributed by atoms with Crippen LogP contribution < -0.4 is 0 Å². The van der Waals surface area contributed by atoms with Crippen molar-refractivity contribution in [2.75, 3.05) is 0 Å². The van der Waals surface area contributed by atoms with Crippen LogP contribution in [-0.4, -0.2) is 11.6 Å². The topological polar surface area (TPSA) is 34.1 Å². The highest BCUT2D eigenvalue weighted by atomic mass is 16.1. The van der Waals surface area contributed by atoms with Gasteiger partial charge in [-0.15, -0.1) is 0 Å². The Labute approximate surface area is 168 Å². The quantitative estimate of drug-likeness (QED) is 0.541. The fourth-order valence-corrected chi connectivity index (χ4v) is 4.08. The van der Waals surface area contributed by atoms with E-state index >= 15 is 0 Å². The fourth-order valence-electron chi connectivity index (χ4n) is 4.08. The maximum absolute atomic E-state index is 13.0. The first-order valence-electron chi connectivity index (χ1n) is 10.3. The summed E-state index contributed by atoms with van der Waals surface area (Å²) in [6.07, 6.45) is 4.67. The molecule has 0 N–H and O–H groups in total. The summed E-state index contributed by atoms with van der Waals surface area (Å²) >= 11 is 0. The molecule has 2 atom stereocenters. The zero-order valence-corrected chi connectivity index (χ0v) is 17.2. The van der Waals surface area contributed by atoms with Crippen LogP contribution in [0.2, 0.25) is 0 Å². The molecule has 0 aromatic heterocycles. The summed E-state index contributed by atoms with van der Waals surface area (Å²) in [4.78, 5) is 24.2. The van der Waals surface area contributed by atoms with Crippen molar-refractivity contribution in [2.45, 2.75) is 58.3 Å². The summed E-state index contributed by atoms with van der Waals surface area (Å²) in [5, 5.41) is 0. The molecule has 2 heteroatoms.